The first kappa shape index (κ1) is 17.2. The van der Waals surface area contributed by atoms with E-state index in [0.717, 1.165) is 0 Å². The van der Waals surface area contributed by atoms with Crippen LogP contribution in [-0.4, -0.2) is 36.3 Å². The third kappa shape index (κ3) is 4.88. The number of nitrogens with zero attached hydrogens (tertiary/aromatic N) is 1. The van der Waals surface area contributed by atoms with E-state index in [0.29, 0.717) is 18.7 Å². The first-order valence-electron chi connectivity index (χ1n) is 7.46. The quantitative estimate of drug-likeness (QED) is 0.906. The molecule has 0 aliphatic heterocycles. The smallest absolute Gasteiger partial charge is 0.251 e. The van der Waals surface area contributed by atoms with Crippen LogP contribution in [0.25, 0.3) is 0 Å². The lowest BCUT2D eigenvalue weighted by atomic mass is 9.87. The summed E-state index contributed by atoms with van der Waals surface area (Å²) in [5, 5.41) is 2.68. The predicted octanol–water partition coefficient (Wildman–Crippen LogP) is 2.58. The molecule has 0 saturated heterocycles. The lowest BCUT2D eigenvalue weighted by molar-refractivity contribution is -0.129. The molecule has 0 bridgehead atoms. The Bertz CT molecular complexity index is 483. The van der Waals surface area contributed by atoms with Crippen molar-refractivity contribution in [2.45, 2.75) is 40.0 Å². The molecule has 4 heteroatoms. The van der Waals surface area contributed by atoms with Gasteiger partial charge in [0.25, 0.3) is 5.91 Å². The molecule has 0 spiro atoms. The second kappa shape index (κ2) is 7.25. The fraction of sp³-hybridized carbons (Fsp3) is 0.529. The van der Waals surface area contributed by atoms with Crippen molar-refractivity contribution in [3.05, 3.63) is 35.4 Å². The number of nitrogens with one attached hydrogen (secondary N) is 1. The summed E-state index contributed by atoms with van der Waals surface area (Å²) in [6.07, 6.45) is 0. The van der Waals surface area contributed by atoms with Crippen molar-refractivity contribution in [1.29, 1.82) is 0 Å². The number of benzene rings is 1. The Kier molecular flexibility index (Phi) is 5.94. The number of carbonyl (C=O) groups is 2. The van der Waals surface area contributed by atoms with Crippen LogP contribution < -0.4 is 5.32 Å². The van der Waals surface area contributed by atoms with Gasteiger partial charge in [-0.05, 0) is 37.0 Å². The average Bonchev–Trinajstić information content (AvgIpc) is 2.45. The van der Waals surface area contributed by atoms with Gasteiger partial charge in [0.05, 0.1) is 6.54 Å². The molecule has 21 heavy (non-hydrogen) atoms. The molecule has 0 fully saturated rings. The van der Waals surface area contributed by atoms with Crippen LogP contribution in [0.1, 0.15) is 50.5 Å². The van der Waals surface area contributed by atoms with Crippen LogP contribution in [0.3, 0.4) is 0 Å². The molecule has 116 valence electrons. The zero-order valence-corrected chi connectivity index (χ0v) is 13.7. The monoisotopic (exact) mass is 290 g/mol. The molecule has 0 aliphatic rings. The number of rotatable bonds is 5. The third-order valence-corrected chi connectivity index (χ3v) is 3.53. The minimum atomic E-state index is -0.212. The highest BCUT2D eigenvalue weighted by Gasteiger charge is 2.15. The normalized spacial score (nSPS) is 11.1. The third-order valence-electron chi connectivity index (χ3n) is 3.53. The minimum absolute atomic E-state index is 0.0432. The maximum atomic E-state index is 12.0. The van der Waals surface area contributed by atoms with Crippen molar-refractivity contribution in [3.8, 4) is 0 Å². The fourth-order valence-corrected chi connectivity index (χ4v) is 2.07. The zero-order valence-electron chi connectivity index (χ0n) is 13.7. The van der Waals surface area contributed by atoms with Crippen molar-refractivity contribution < 1.29 is 9.59 Å². The van der Waals surface area contributed by atoms with Gasteiger partial charge in [-0.25, -0.2) is 0 Å². The van der Waals surface area contributed by atoms with Crippen LogP contribution in [-0.2, 0) is 10.2 Å². The van der Waals surface area contributed by atoms with Gasteiger partial charge in [-0.2, -0.15) is 0 Å². The Morgan fingerprint density at radius 1 is 1.05 bits per heavy atom. The molecule has 1 N–H and O–H groups in total. The molecular weight excluding hydrogens is 264 g/mol. The first-order valence-corrected chi connectivity index (χ1v) is 7.46. The second-order valence-corrected chi connectivity index (χ2v) is 6.08. The summed E-state index contributed by atoms with van der Waals surface area (Å²) in [6.45, 7) is 11.6. The summed E-state index contributed by atoms with van der Waals surface area (Å²) in [5.41, 5.74) is 1.82. The maximum absolute atomic E-state index is 12.0. The van der Waals surface area contributed by atoms with Crippen LogP contribution in [0.4, 0.5) is 0 Å². The summed E-state index contributed by atoms with van der Waals surface area (Å²) in [5.74, 6) is -0.268. The number of likely N-dealkylation sites (N-methyl/N-ethyl adjacent to an activating group) is 1. The molecule has 0 radical (unpaired) electrons. The Hall–Kier alpha value is -1.84. The highest BCUT2D eigenvalue weighted by molar-refractivity contribution is 5.96. The Balaban J connectivity index is 2.62. The lowest BCUT2D eigenvalue weighted by Gasteiger charge is -2.20. The van der Waals surface area contributed by atoms with Gasteiger partial charge in [0.1, 0.15) is 0 Å². The molecular formula is C17H26N2O2. The Morgan fingerprint density at radius 3 is 2.00 bits per heavy atom. The lowest BCUT2D eigenvalue weighted by Crippen LogP contribution is -2.40. The van der Waals surface area contributed by atoms with Crippen molar-refractivity contribution in [1.82, 2.24) is 10.2 Å². The van der Waals surface area contributed by atoms with E-state index < -0.39 is 0 Å². The van der Waals surface area contributed by atoms with Crippen molar-refractivity contribution in [3.63, 3.8) is 0 Å². The summed E-state index contributed by atoms with van der Waals surface area (Å²) >= 11 is 0. The van der Waals surface area contributed by atoms with Gasteiger partial charge < -0.3 is 10.2 Å². The van der Waals surface area contributed by atoms with E-state index in [4.69, 9.17) is 0 Å². The number of hydrogen-bond acceptors (Lipinski definition) is 2. The zero-order chi connectivity index (χ0) is 16.0. The predicted molar refractivity (Wildman–Crippen MR) is 85.4 cm³/mol. The molecule has 0 aromatic heterocycles. The molecule has 0 aliphatic carbocycles. The van der Waals surface area contributed by atoms with Crippen LogP contribution in [0.2, 0.25) is 0 Å². The van der Waals surface area contributed by atoms with Crippen molar-refractivity contribution in [2.75, 3.05) is 19.6 Å². The topological polar surface area (TPSA) is 49.4 Å². The van der Waals surface area contributed by atoms with E-state index in [1.165, 1.54) is 5.56 Å². The summed E-state index contributed by atoms with van der Waals surface area (Å²) in [6, 6.07) is 7.53. The van der Waals surface area contributed by atoms with Crippen molar-refractivity contribution in [2.24, 2.45) is 0 Å². The Labute approximate surface area is 127 Å². The van der Waals surface area contributed by atoms with Gasteiger partial charge >= 0.3 is 0 Å². The summed E-state index contributed by atoms with van der Waals surface area (Å²) in [7, 11) is 0. The SMILES string of the molecule is CCN(CC)C(=O)CNC(=O)c1ccc(C(C)(C)C)cc1. The minimum Gasteiger partial charge on any atom is -0.343 e. The molecule has 1 rings (SSSR count). The highest BCUT2D eigenvalue weighted by atomic mass is 16.2. The standard InChI is InChI=1S/C17H26N2O2/c1-6-19(7-2)15(20)12-18-16(21)13-8-10-14(11-9-13)17(3,4)5/h8-11H,6-7,12H2,1-5H3,(H,18,21). The van der Waals surface area contributed by atoms with E-state index in [-0.39, 0.29) is 23.8 Å². The van der Waals surface area contributed by atoms with E-state index in [2.05, 4.69) is 26.1 Å². The molecule has 4 nitrogen and oxygen atoms in total. The molecule has 0 saturated carbocycles. The fourth-order valence-electron chi connectivity index (χ4n) is 2.07. The Morgan fingerprint density at radius 2 is 1.57 bits per heavy atom. The van der Waals surface area contributed by atoms with E-state index in [1.54, 1.807) is 17.0 Å². The van der Waals surface area contributed by atoms with Crippen LogP contribution in [0, 0.1) is 0 Å². The van der Waals surface area contributed by atoms with Crippen LogP contribution in [0.5, 0.6) is 0 Å². The van der Waals surface area contributed by atoms with Crippen LogP contribution >= 0.6 is 0 Å². The van der Waals surface area contributed by atoms with Gasteiger partial charge in [0, 0.05) is 18.7 Å². The van der Waals surface area contributed by atoms with E-state index in [9.17, 15) is 9.59 Å². The molecule has 1 aromatic carbocycles. The van der Waals surface area contributed by atoms with Gasteiger partial charge in [-0.3, -0.25) is 9.59 Å². The second-order valence-electron chi connectivity index (χ2n) is 6.08. The molecule has 2 amide bonds. The molecule has 0 atom stereocenters. The van der Waals surface area contributed by atoms with Crippen molar-refractivity contribution >= 4 is 11.8 Å². The number of carbonyl (C=O) groups excluding carboxylic acids is 2. The first-order chi connectivity index (χ1) is 9.79. The van der Waals surface area contributed by atoms with E-state index in [1.807, 2.05) is 26.0 Å². The van der Waals surface area contributed by atoms with Gasteiger partial charge in [-0.15, -0.1) is 0 Å². The van der Waals surface area contributed by atoms with Gasteiger partial charge in [0.15, 0.2) is 0 Å². The number of hydrogen-bond donors (Lipinski definition) is 1. The van der Waals surface area contributed by atoms with Gasteiger partial charge in [-0.1, -0.05) is 32.9 Å². The highest BCUT2D eigenvalue weighted by Crippen LogP contribution is 2.22. The molecule has 1 aromatic rings. The molecule has 0 heterocycles. The van der Waals surface area contributed by atoms with Crippen LogP contribution in [0.15, 0.2) is 24.3 Å². The number of amides is 2. The summed E-state index contributed by atoms with van der Waals surface area (Å²) < 4.78 is 0. The largest absolute Gasteiger partial charge is 0.343 e. The van der Waals surface area contributed by atoms with E-state index >= 15 is 0 Å². The molecule has 0 unspecified atom stereocenters. The van der Waals surface area contributed by atoms with Gasteiger partial charge in [0.2, 0.25) is 5.91 Å². The average molecular weight is 290 g/mol. The summed E-state index contributed by atoms with van der Waals surface area (Å²) in [4.78, 5) is 25.6. The maximum Gasteiger partial charge on any atom is 0.251 e.